The first kappa shape index (κ1) is 15.0. The average molecular weight is 286 g/mol. The predicted octanol–water partition coefficient (Wildman–Crippen LogP) is 3.28. The van der Waals surface area contributed by atoms with Gasteiger partial charge in [-0.15, -0.1) is 0 Å². The Balaban J connectivity index is 2.05. The second kappa shape index (κ2) is 7.40. The van der Waals surface area contributed by atoms with Crippen LogP contribution in [0.3, 0.4) is 0 Å². The summed E-state index contributed by atoms with van der Waals surface area (Å²) in [5, 5.41) is 14.2. The van der Waals surface area contributed by atoms with E-state index in [4.69, 9.17) is 4.74 Å². The van der Waals surface area contributed by atoms with Crippen molar-refractivity contribution >= 4 is 5.69 Å². The molecule has 0 aromatic heterocycles. The molecule has 5 heteroatoms. The zero-order valence-electron chi connectivity index (χ0n) is 11.9. The van der Waals surface area contributed by atoms with Gasteiger partial charge in [0.25, 0.3) is 5.69 Å². The van der Waals surface area contributed by atoms with Crippen molar-refractivity contribution in [2.24, 2.45) is 0 Å². The van der Waals surface area contributed by atoms with E-state index in [0.29, 0.717) is 11.3 Å². The van der Waals surface area contributed by atoms with E-state index in [1.54, 1.807) is 18.2 Å². The second-order valence-electron chi connectivity index (χ2n) is 4.60. The third-order valence-corrected chi connectivity index (χ3v) is 3.06. The monoisotopic (exact) mass is 286 g/mol. The molecule has 2 aromatic carbocycles. The summed E-state index contributed by atoms with van der Waals surface area (Å²) in [7, 11) is 0. The van der Waals surface area contributed by atoms with Crippen LogP contribution < -0.4 is 10.1 Å². The Bertz CT molecular complexity index is 614. The number of para-hydroxylation sites is 1. The minimum Gasteiger partial charge on any atom is -0.489 e. The Morgan fingerprint density at radius 3 is 2.76 bits per heavy atom. The van der Waals surface area contributed by atoms with E-state index in [0.717, 1.165) is 18.7 Å². The first-order chi connectivity index (χ1) is 10.2. The third kappa shape index (κ3) is 4.29. The number of rotatable bonds is 7. The first-order valence-electron chi connectivity index (χ1n) is 6.85. The Morgan fingerprint density at radius 2 is 2.00 bits per heavy atom. The molecule has 0 spiro atoms. The summed E-state index contributed by atoms with van der Waals surface area (Å²) in [5.41, 5.74) is 1.78. The maximum Gasteiger partial charge on any atom is 0.276 e. The molecule has 0 heterocycles. The maximum atomic E-state index is 10.9. The summed E-state index contributed by atoms with van der Waals surface area (Å²) < 4.78 is 5.67. The van der Waals surface area contributed by atoms with Gasteiger partial charge in [-0.05, 0) is 30.3 Å². The number of nitro benzene ring substituents is 1. The summed E-state index contributed by atoms with van der Waals surface area (Å²) in [6.45, 7) is 3.91. The molecule has 0 atom stereocenters. The minimum atomic E-state index is -0.389. The van der Waals surface area contributed by atoms with Crippen molar-refractivity contribution < 1.29 is 9.66 Å². The van der Waals surface area contributed by atoms with Crippen LogP contribution in [0, 0.1) is 10.1 Å². The molecule has 0 aliphatic heterocycles. The molecule has 2 aromatic rings. The Labute approximate surface area is 123 Å². The molecule has 1 N–H and O–H groups in total. The van der Waals surface area contributed by atoms with Gasteiger partial charge in [0.05, 0.1) is 10.5 Å². The van der Waals surface area contributed by atoms with Gasteiger partial charge >= 0.3 is 0 Å². The molecular formula is C16H18N2O3. The highest BCUT2D eigenvalue weighted by Gasteiger charge is 2.12. The fourth-order valence-corrected chi connectivity index (χ4v) is 1.99. The molecule has 0 unspecified atom stereocenters. The lowest BCUT2D eigenvalue weighted by Gasteiger charge is -2.09. The first-order valence-corrected chi connectivity index (χ1v) is 6.85. The predicted molar refractivity (Wildman–Crippen MR) is 81.3 cm³/mol. The van der Waals surface area contributed by atoms with Crippen molar-refractivity contribution in [2.75, 3.05) is 6.54 Å². The molecule has 5 nitrogen and oxygen atoms in total. The van der Waals surface area contributed by atoms with Gasteiger partial charge in [0.15, 0.2) is 0 Å². The van der Waals surface area contributed by atoms with Crippen molar-refractivity contribution in [1.82, 2.24) is 5.32 Å². The largest absolute Gasteiger partial charge is 0.489 e. The van der Waals surface area contributed by atoms with Crippen LogP contribution in [0.25, 0.3) is 0 Å². The van der Waals surface area contributed by atoms with E-state index < -0.39 is 0 Å². The van der Waals surface area contributed by atoms with Crippen molar-refractivity contribution in [3.63, 3.8) is 0 Å². The fraction of sp³-hybridized carbons (Fsp3) is 0.250. The summed E-state index contributed by atoms with van der Waals surface area (Å²) in [6, 6.07) is 14.3. The highest BCUT2D eigenvalue weighted by Crippen LogP contribution is 2.21. The minimum absolute atomic E-state index is 0.0845. The SMILES string of the molecule is CCNCc1cccc(OCc2ccccc2[N+](=O)[O-])c1. The zero-order valence-corrected chi connectivity index (χ0v) is 11.9. The zero-order chi connectivity index (χ0) is 15.1. The average Bonchev–Trinajstić information content (AvgIpc) is 2.51. The molecule has 0 amide bonds. The number of nitro groups is 1. The van der Waals surface area contributed by atoms with Crippen LogP contribution in [-0.4, -0.2) is 11.5 Å². The Kier molecular flexibility index (Phi) is 5.29. The molecule has 110 valence electrons. The molecule has 2 rings (SSSR count). The van der Waals surface area contributed by atoms with Crippen LogP contribution in [-0.2, 0) is 13.2 Å². The van der Waals surface area contributed by atoms with Crippen LogP contribution in [0.4, 0.5) is 5.69 Å². The maximum absolute atomic E-state index is 10.9. The Morgan fingerprint density at radius 1 is 1.19 bits per heavy atom. The van der Waals surface area contributed by atoms with Gasteiger partial charge in [0.2, 0.25) is 0 Å². The van der Waals surface area contributed by atoms with Crippen LogP contribution in [0.1, 0.15) is 18.1 Å². The van der Waals surface area contributed by atoms with E-state index in [9.17, 15) is 10.1 Å². The number of hydrogen-bond acceptors (Lipinski definition) is 4. The second-order valence-corrected chi connectivity index (χ2v) is 4.60. The molecule has 21 heavy (non-hydrogen) atoms. The number of nitrogens with one attached hydrogen (secondary N) is 1. The molecule has 0 saturated heterocycles. The number of nitrogens with zero attached hydrogens (tertiary/aromatic N) is 1. The van der Waals surface area contributed by atoms with Gasteiger partial charge in [-0.2, -0.15) is 0 Å². The van der Waals surface area contributed by atoms with E-state index in [-0.39, 0.29) is 17.2 Å². The molecule has 0 saturated carbocycles. The van der Waals surface area contributed by atoms with Crippen LogP contribution >= 0.6 is 0 Å². The van der Waals surface area contributed by atoms with E-state index in [1.165, 1.54) is 6.07 Å². The quantitative estimate of drug-likeness (QED) is 0.626. The molecule has 0 radical (unpaired) electrons. The normalized spacial score (nSPS) is 10.3. The van der Waals surface area contributed by atoms with E-state index >= 15 is 0 Å². The standard InChI is InChI=1S/C16H18N2O3/c1-2-17-11-13-6-5-8-15(10-13)21-12-14-7-3-4-9-16(14)18(19)20/h3-10,17H,2,11-12H2,1H3. The number of hydrogen-bond donors (Lipinski definition) is 1. The van der Waals surface area contributed by atoms with Crippen molar-refractivity contribution in [1.29, 1.82) is 0 Å². The van der Waals surface area contributed by atoms with E-state index in [2.05, 4.69) is 12.2 Å². The fourth-order valence-electron chi connectivity index (χ4n) is 1.99. The van der Waals surface area contributed by atoms with Gasteiger partial charge in [0.1, 0.15) is 12.4 Å². The Hall–Kier alpha value is -2.40. The summed E-state index contributed by atoms with van der Waals surface area (Å²) in [6.07, 6.45) is 0. The van der Waals surface area contributed by atoms with Gasteiger partial charge in [-0.1, -0.05) is 31.2 Å². The summed E-state index contributed by atoms with van der Waals surface area (Å²) in [5.74, 6) is 0.712. The number of benzene rings is 2. The van der Waals surface area contributed by atoms with Crippen molar-refractivity contribution in [3.8, 4) is 5.75 Å². The van der Waals surface area contributed by atoms with Crippen molar-refractivity contribution in [2.45, 2.75) is 20.1 Å². The van der Waals surface area contributed by atoms with Crippen LogP contribution in [0.15, 0.2) is 48.5 Å². The van der Waals surface area contributed by atoms with Gasteiger partial charge in [0, 0.05) is 12.6 Å². The van der Waals surface area contributed by atoms with Gasteiger partial charge < -0.3 is 10.1 Å². The number of ether oxygens (including phenoxy) is 1. The lowest BCUT2D eigenvalue weighted by Crippen LogP contribution is -2.11. The third-order valence-electron chi connectivity index (χ3n) is 3.06. The highest BCUT2D eigenvalue weighted by atomic mass is 16.6. The summed E-state index contributed by atoms with van der Waals surface area (Å²) >= 11 is 0. The smallest absolute Gasteiger partial charge is 0.276 e. The highest BCUT2D eigenvalue weighted by molar-refractivity contribution is 5.39. The van der Waals surface area contributed by atoms with Gasteiger partial charge in [-0.3, -0.25) is 10.1 Å². The van der Waals surface area contributed by atoms with Crippen LogP contribution in [0.2, 0.25) is 0 Å². The van der Waals surface area contributed by atoms with Crippen LogP contribution in [0.5, 0.6) is 5.75 Å². The lowest BCUT2D eigenvalue weighted by molar-refractivity contribution is -0.385. The topological polar surface area (TPSA) is 64.4 Å². The molecule has 0 aliphatic carbocycles. The van der Waals surface area contributed by atoms with E-state index in [1.807, 2.05) is 24.3 Å². The molecule has 0 bridgehead atoms. The van der Waals surface area contributed by atoms with Crippen molar-refractivity contribution in [3.05, 3.63) is 69.8 Å². The molecule has 0 aliphatic rings. The lowest BCUT2D eigenvalue weighted by atomic mass is 10.2. The molecular weight excluding hydrogens is 268 g/mol. The molecule has 0 fully saturated rings. The summed E-state index contributed by atoms with van der Waals surface area (Å²) in [4.78, 5) is 10.6. The van der Waals surface area contributed by atoms with Gasteiger partial charge in [-0.25, -0.2) is 0 Å².